The molecule has 1 saturated carbocycles. The van der Waals surface area contributed by atoms with Crippen LogP contribution in [0.3, 0.4) is 0 Å². The molecule has 1 aromatic heterocycles. The van der Waals surface area contributed by atoms with E-state index in [2.05, 4.69) is 10.3 Å². The molecule has 1 aliphatic rings. The van der Waals surface area contributed by atoms with Crippen LogP contribution in [0.5, 0.6) is 0 Å². The summed E-state index contributed by atoms with van der Waals surface area (Å²) in [5, 5.41) is 5.13. The summed E-state index contributed by atoms with van der Waals surface area (Å²) in [6.07, 6.45) is 4.15. The minimum atomic E-state index is -0.590. The highest BCUT2D eigenvalue weighted by atomic mass is 35.5. The van der Waals surface area contributed by atoms with Gasteiger partial charge in [0.1, 0.15) is 5.03 Å². The van der Waals surface area contributed by atoms with Crippen molar-refractivity contribution in [3.8, 4) is 0 Å². The summed E-state index contributed by atoms with van der Waals surface area (Å²) in [4.78, 5) is 16.1. The first-order valence-electron chi connectivity index (χ1n) is 6.78. The van der Waals surface area contributed by atoms with E-state index in [1.54, 1.807) is 18.0 Å². The van der Waals surface area contributed by atoms with Crippen molar-refractivity contribution in [1.29, 1.82) is 0 Å². The largest absolute Gasteiger partial charge is 0.368 e. The molecule has 2 atom stereocenters. The molecule has 0 saturated heterocycles. The molecule has 6 heteroatoms. The van der Waals surface area contributed by atoms with Crippen LogP contribution < -0.4 is 11.1 Å². The number of primary amides is 1. The second-order valence-electron chi connectivity index (χ2n) is 5.52. The molecule has 2 rings (SSSR count). The number of carbonyl (C=O) groups is 1. The average molecular weight is 314 g/mol. The summed E-state index contributed by atoms with van der Waals surface area (Å²) in [6.45, 7) is 4.06. The number of aromatic nitrogens is 1. The minimum absolute atomic E-state index is 0.227. The van der Waals surface area contributed by atoms with Crippen molar-refractivity contribution in [3.63, 3.8) is 0 Å². The van der Waals surface area contributed by atoms with E-state index in [1.165, 1.54) is 0 Å². The lowest BCUT2D eigenvalue weighted by molar-refractivity contribution is -0.124. The maximum absolute atomic E-state index is 11.8. The van der Waals surface area contributed by atoms with Gasteiger partial charge in [0.15, 0.2) is 0 Å². The van der Waals surface area contributed by atoms with E-state index in [-0.39, 0.29) is 11.9 Å². The van der Waals surface area contributed by atoms with E-state index in [9.17, 15) is 4.79 Å². The number of hydrogen-bond acceptors (Lipinski definition) is 4. The Hall–Kier alpha value is -0.780. The molecule has 3 N–H and O–H groups in total. The van der Waals surface area contributed by atoms with Crippen molar-refractivity contribution < 1.29 is 4.79 Å². The van der Waals surface area contributed by atoms with Gasteiger partial charge < -0.3 is 11.1 Å². The Morgan fingerprint density at radius 2 is 2.40 bits per heavy atom. The SMILES string of the molecule is CC(C)NC1(C(N)=O)CCC(Sc2ncccc2Cl)C1. The second kappa shape index (κ2) is 6.33. The molecule has 1 fully saturated rings. The van der Waals surface area contributed by atoms with Gasteiger partial charge in [-0.25, -0.2) is 4.98 Å². The van der Waals surface area contributed by atoms with Gasteiger partial charge in [0.25, 0.3) is 0 Å². The van der Waals surface area contributed by atoms with Crippen molar-refractivity contribution in [3.05, 3.63) is 23.4 Å². The Morgan fingerprint density at radius 1 is 1.65 bits per heavy atom. The molecule has 4 nitrogen and oxygen atoms in total. The molecule has 110 valence electrons. The van der Waals surface area contributed by atoms with Crippen molar-refractivity contribution in [2.24, 2.45) is 5.73 Å². The number of carbonyl (C=O) groups excluding carboxylic acids is 1. The third-order valence-electron chi connectivity index (χ3n) is 3.51. The van der Waals surface area contributed by atoms with Gasteiger partial charge in [-0.3, -0.25) is 4.79 Å². The zero-order valence-corrected chi connectivity index (χ0v) is 13.3. The van der Waals surface area contributed by atoms with Gasteiger partial charge in [0.05, 0.1) is 10.6 Å². The van der Waals surface area contributed by atoms with E-state index in [4.69, 9.17) is 17.3 Å². The van der Waals surface area contributed by atoms with Gasteiger partial charge in [-0.15, -0.1) is 11.8 Å². The van der Waals surface area contributed by atoms with Gasteiger partial charge >= 0.3 is 0 Å². The highest BCUT2D eigenvalue weighted by Gasteiger charge is 2.44. The lowest BCUT2D eigenvalue weighted by Gasteiger charge is -2.29. The van der Waals surface area contributed by atoms with E-state index in [0.717, 1.165) is 24.3 Å². The summed E-state index contributed by atoms with van der Waals surface area (Å²) in [5.41, 5.74) is 5.02. The Morgan fingerprint density at radius 3 is 3.00 bits per heavy atom. The number of thioether (sulfide) groups is 1. The molecule has 1 aromatic rings. The topological polar surface area (TPSA) is 68.0 Å². The maximum atomic E-state index is 11.8. The predicted octanol–water partition coefficient (Wildman–Crippen LogP) is 2.60. The van der Waals surface area contributed by atoms with Crippen molar-refractivity contribution in [2.45, 2.75) is 55.0 Å². The summed E-state index contributed by atoms with van der Waals surface area (Å²) in [7, 11) is 0. The Kier molecular flexibility index (Phi) is 4.94. The van der Waals surface area contributed by atoms with Crippen LogP contribution in [-0.2, 0) is 4.79 Å². The van der Waals surface area contributed by atoms with Crippen LogP contribution in [0, 0.1) is 0 Å². The van der Waals surface area contributed by atoms with E-state index >= 15 is 0 Å². The number of nitrogens with two attached hydrogens (primary N) is 1. The first-order valence-corrected chi connectivity index (χ1v) is 8.03. The van der Waals surface area contributed by atoms with Crippen LogP contribution in [0.2, 0.25) is 5.02 Å². The summed E-state index contributed by atoms with van der Waals surface area (Å²) < 4.78 is 0. The van der Waals surface area contributed by atoms with Gasteiger partial charge in [-0.05, 0) is 45.2 Å². The fraction of sp³-hybridized carbons (Fsp3) is 0.571. The van der Waals surface area contributed by atoms with Crippen LogP contribution in [0.1, 0.15) is 33.1 Å². The molecule has 0 aromatic carbocycles. The molecule has 1 heterocycles. The Balaban J connectivity index is 2.07. The van der Waals surface area contributed by atoms with E-state index < -0.39 is 5.54 Å². The first kappa shape index (κ1) is 15.6. The number of amides is 1. The molecule has 1 aliphatic carbocycles. The van der Waals surface area contributed by atoms with Gasteiger partial charge in [-0.2, -0.15) is 0 Å². The molecule has 1 amide bonds. The van der Waals surface area contributed by atoms with Gasteiger partial charge in [-0.1, -0.05) is 11.6 Å². The maximum Gasteiger partial charge on any atom is 0.237 e. The number of nitrogens with zero attached hydrogens (tertiary/aromatic N) is 1. The van der Waals surface area contributed by atoms with Crippen molar-refractivity contribution >= 4 is 29.3 Å². The summed E-state index contributed by atoms with van der Waals surface area (Å²) in [6, 6.07) is 3.87. The summed E-state index contributed by atoms with van der Waals surface area (Å²) >= 11 is 7.76. The van der Waals surface area contributed by atoms with Gasteiger partial charge in [0, 0.05) is 17.5 Å². The minimum Gasteiger partial charge on any atom is -0.368 e. The Labute approximate surface area is 128 Å². The van der Waals surface area contributed by atoms with Crippen LogP contribution >= 0.6 is 23.4 Å². The van der Waals surface area contributed by atoms with E-state index in [1.807, 2.05) is 26.0 Å². The fourth-order valence-electron chi connectivity index (χ4n) is 2.70. The van der Waals surface area contributed by atoms with Crippen LogP contribution in [-0.4, -0.2) is 27.7 Å². The van der Waals surface area contributed by atoms with Crippen LogP contribution in [0.25, 0.3) is 0 Å². The summed E-state index contributed by atoms with van der Waals surface area (Å²) in [5.74, 6) is -0.263. The van der Waals surface area contributed by atoms with Crippen molar-refractivity contribution in [1.82, 2.24) is 10.3 Å². The number of pyridine rings is 1. The van der Waals surface area contributed by atoms with Gasteiger partial charge in [0.2, 0.25) is 5.91 Å². The molecule has 2 unspecified atom stereocenters. The number of rotatable bonds is 5. The lowest BCUT2D eigenvalue weighted by Crippen LogP contribution is -2.56. The highest BCUT2D eigenvalue weighted by Crippen LogP contribution is 2.41. The molecule has 0 radical (unpaired) electrons. The monoisotopic (exact) mass is 313 g/mol. The zero-order valence-electron chi connectivity index (χ0n) is 11.7. The molecular formula is C14H20ClN3OS. The third kappa shape index (κ3) is 3.45. The second-order valence-corrected chi connectivity index (χ2v) is 7.21. The highest BCUT2D eigenvalue weighted by molar-refractivity contribution is 8.00. The molecule has 0 spiro atoms. The van der Waals surface area contributed by atoms with Crippen LogP contribution in [0.4, 0.5) is 0 Å². The number of hydrogen-bond donors (Lipinski definition) is 2. The van der Waals surface area contributed by atoms with Crippen LogP contribution in [0.15, 0.2) is 23.4 Å². The number of nitrogens with one attached hydrogen (secondary N) is 1. The quantitative estimate of drug-likeness (QED) is 0.877. The smallest absolute Gasteiger partial charge is 0.237 e. The predicted molar refractivity (Wildman–Crippen MR) is 82.9 cm³/mol. The van der Waals surface area contributed by atoms with Crippen molar-refractivity contribution in [2.75, 3.05) is 0 Å². The third-order valence-corrected chi connectivity index (χ3v) is 5.21. The van der Waals surface area contributed by atoms with E-state index in [0.29, 0.717) is 10.3 Å². The normalized spacial score (nSPS) is 26.1. The lowest BCUT2D eigenvalue weighted by atomic mass is 9.96. The molecule has 0 bridgehead atoms. The number of halogens is 1. The fourth-order valence-corrected chi connectivity index (χ4v) is 4.17. The molecule has 0 aliphatic heterocycles. The standard InChI is InChI=1S/C14H20ClN3OS/c1-9(2)18-14(13(16)19)6-5-10(8-14)20-12-11(15)4-3-7-17-12/h3-4,7,9-10,18H,5-6,8H2,1-2H3,(H2,16,19). The zero-order chi connectivity index (χ0) is 14.8. The molecular weight excluding hydrogens is 294 g/mol. The molecule has 20 heavy (non-hydrogen) atoms. The first-order chi connectivity index (χ1) is 9.43. The Bertz CT molecular complexity index is 497. The average Bonchev–Trinajstić information content (AvgIpc) is 2.76.